The third-order valence-electron chi connectivity index (χ3n) is 4.53. The minimum absolute atomic E-state index is 0.153. The summed E-state index contributed by atoms with van der Waals surface area (Å²) in [6, 6.07) is 0. The van der Waals surface area contributed by atoms with Crippen LogP contribution in [0.4, 0.5) is 0 Å². The van der Waals surface area contributed by atoms with Gasteiger partial charge in [-0.05, 0) is 19.5 Å². The van der Waals surface area contributed by atoms with Crippen LogP contribution in [0.3, 0.4) is 0 Å². The topological polar surface area (TPSA) is 55.1 Å². The maximum absolute atomic E-state index is 10.6. The van der Waals surface area contributed by atoms with Gasteiger partial charge >= 0.3 is 0 Å². The summed E-state index contributed by atoms with van der Waals surface area (Å²) in [6.45, 7) is 8.66. The van der Waals surface area contributed by atoms with Crippen LogP contribution in [0.2, 0.25) is 0 Å². The Morgan fingerprint density at radius 1 is 0.600 bits per heavy atom. The molecule has 0 rings (SSSR count). The van der Waals surface area contributed by atoms with Gasteiger partial charge in [0, 0.05) is 6.42 Å². The van der Waals surface area contributed by atoms with Gasteiger partial charge in [-0.2, -0.15) is 0 Å². The molecule has 3 heteroatoms. The van der Waals surface area contributed by atoms with Crippen LogP contribution in [-0.4, -0.2) is 19.0 Å². The Morgan fingerprint density at radius 2 is 0.920 bits per heavy atom. The van der Waals surface area contributed by atoms with Crippen LogP contribution in [0.5, 0.6) is 0 Å². The molecule has 0 bridgehead atoms. The smallest absolute Gasteiger partial charge is 0.217 e. The van der Waals surface area contributed by atoms with E-state index >= 15 is 0 Å². The van der Waals surface area contributed by atoms with Gasteiger partial charge in [-0.15, -0.1) is 0 Å². The molecule has 0 aromatic carbocycles. The standard InChI is InChI=1S/C18H37NO.C4H11N/c1-2-3-4-5-6-7-8-9-10-11-12-13-14-15-16-17-18(19)20;1-3-5-4-2/h2-17H2,1H3,(H2,19,20);5H,3-4H2,1-2H3. The van der Waals surface area contributed by atoms with Crippen molar-refractivity contribution in [2.75, 3.05) is 13.1 Å². The van der Waals surface area contributed by atoms with Crippen LogP contribution < -0.4 is 11.1 Å². The molecule has 0 aromatic rings. The number of primary amides is 1. The second-order valence-corrected chi connectivity index (χ2v) is 7.12. The predicted molar refractivity (Wildman–Crippen MR) is 113 cm³/mol. The Labute approximate surface area is 158 Å². The maximum Gasteiger partial charge on any atom is 0.217 e. The molecule has 0 aliphatic rings. The third-order valence-corrected chi connectivity index (χ3v) is 4.53. The van der Waals surface area contributed by atoms with Gasteiger partial charge in [-0.25, -0.2) is 0 Å². The van der Waals surface area contributed by atoms with Gasteiger partial charge in [-0.3, -0.25) is 4.79 Å². The largest absolute Gasteiger partial charge is 0.370 e. The number of hydrogen-bond donors (Lipinski definition) is 2. The summed E-state index contributed by atoms with van der Waals surface area (Å²) in [4.78, 5) is 10.6. The molecule has 3 nitrogen and oxygen atoms in total. The summed E-state index contributed by atoms with van der Waals surface area (Å²) in [7, 11) is 0. The highest BCUT2D eigenvalue weighted by Crippen LogP contribution is 2.13. The summed E-state index contributed by atoms with van der Waals surface area (Å²) in [5.41, 5.74) is 5.11. The van der Waals surface area contributed by atoms with Crippen LogP contribution in [0.25, 0.3) is 0 Å². The Hall–Kier alpha value is -0.570. The molecular weight excluding hydrogens is 308 g/mol. The number of carbonyl (C=O) groups excluding carboxylic acids is 1. The highest BCUT2D eigenvalue weighted by Gasteiger charge is 1.96. The quantitative estimate of drug-likeness (QED) is 0.281. The maximum atomic E-state index is 10.6. The van der Waals surface area contributed by atoms with Crippen molar-refractivity contribution in [3.05, 3.63) is 0 Å². The van der Waals surface area contributed by atoms with E-state index < -0.39 is 0 Å². The van der Waals surface area contributed by atoms with Gasteiger partial charge in [0.1, 0.15) is 0 Å². The van der Waals surface area contributed by atoms with E-state index in [-0.39, 0.29) is 5.91 Å². The lowest BCUT2D eigenvalue weighted by molar-refractivity contribution is -0.118. The number of amides is 1. The monoisotopic (exact) mass is 356 g/mol. The normalized spacial score (nSPS) is 10.4. The molecule has 0 atom stereocenters. The summed E-state index contributed by atoms with van der Waals surface area (Å²) in [6.07, 6.45) is 20.9. The molecule has 0 aliphatic heterocycles. The molecule has 0 saturated carbocycles. The zero-order valence-corrected chi connectivity index (χ0v) is 17.7. The Balaban J connectivity index is 0. The van der Waals surface area contributed by atoms with Crippen molar-refractivity contribution >= 4 is 5.91 Å². The highest BCUT2D eigenvalue weighted by molar-refractivity contribution is 5.73. The summed E-state index contributed by atoms with van der Waals surface area (Å²) >= 11 is 0. The third kappa shape index (κ3) is 31.7. The molecule has 0 saturated heterocycles. The van der Waals surface area contributed by atoms with Gasteiger partial charge in [0.2, 0.25) is 5.91 Å². The van der Waals surface area contributed by atoms with Crippen LogP contribution in [-0.2, 0) is 4.79 Å². The van der Waals surface area contributed by atoms with Crippen LogP contribution in [0.15, 0.2) is 0 Å². The van der Waals surface area contributed by atoms with E-state index in [1.165, 1.54) is 89.9 Å². The SMILES string of the molecule is CCCCCCCCCCCCCCCCCC(N)=O.CCNCC. The Morgan fingerprint density at radius 3 is 1.16 bits per heavy atom. The van der Waals surface area contributed by atoms with Gasteiger partial charge in [0.15, 0.2) is 0 Å². The van der Waals surface area contributed by atoms with Crippen molar-refractivity contribution in [3.63, 3.8) is 0 Å². The predicted octanol–water partition coefficient (Wildman–Crippen LogP) is 6.35. The fourth-order valence-electron chi connectivity index (χ4n) is 2.92. The lowest BCUT2D eigenvalue weighted by atomic mass is 10.0. The average molecular weight is 357 g/mol. The van der Waals surface area contributed by atoms with E-state index in [0.29, 0.717) is 6.42 Å². The molecule has 152 valence electrons. The fraction of sp³-hybridized carbons (Fsp3) is 0.955. The zero-order valence-electron chi connectivity index (χ0n) is 17.7. The first-order valence-electron chi connectivity index (χ1n) is 11.2. The number of nitrogens with one attached hydrogen (secondary N) is 1. The molecule has 1 amide bonds. The lowest BCUT2D eigenvalue weighted by Gasteiger charge is -2.03. The average Bonchev–Trinajstić information content (AvgIpc) is 2.59. The first-order valence-corrected chi connectivity index (χ1v) is 11.2. The minimum atomic E-state index is -0.153. The van der Waals surface area contributed by atoms with Crippen molar-refractivity contribution in [3.8, 4) is 0 Å². The van der Waals surface area contributed by atoms with Crippen LogP contribution >= 0.6 is 0 Å². The van der Waals surface area contributed by atoms with Crippen molar-refractivity contribution in [2.24, 2.45) is 5.73 Å². The molecular formula is C22H48N2O. The first-order chi connectivity index (χ1) is 12.2. The molecule has 0 radical (unpaired) electrons. The number of rotatable bonds is 18. The van der Waals surface area contributed by atoms with Crippen LogP contribution in [0.1, 0.15) is 124 Å². The molecule has 3 N–H and O–H groups in total. The molecule has 0 fully saturated rings. The van der Waals surface area contributed by atoms with Gasteiger partial charge in [0.25, 0.3) is 0 Å². The van der Waals surface area contributed by atoms with Crippen molar-refractivity contribution < 1.29 is 4.79 Å². The van der Waals surface area contributed by atoms with Crippen molar-refractivity contribution in [2.45, 2.75) is 124 Å². The number of carbonyl (C=O) groups is 1. The first kappa shape index (κ1) is 26.7. The highest BCUT2D eigenvalue weighted by atomic mass is 16.1. The van der Waals surface area contributed by atoms with Gasteiger partial charge < -0.3 is 11.1 Å². The Kier molecular flexibility index (Phi) is 27.4. The molecule has 0 aromatic heterocycles. The fourth-order valence-corrected chi connectivity index (χ4v) is 2.92. The molecule has 0 unspecified atom stereocenters. The minimum Gasteiger partial charge on any atom is -0.370 e. The summed E-state index contributed by atoms with van der Waals surface area (Å²) in [5, 5.41) is 3.11. The second kappa shape index (κ2) is 25.7. The van der Waals surface area contributed by atoms with Gasteiger partial charge in [-0.1, -0.05) is 111 Å². The molecule has 0 aliphatic carbocycles. The lowest BCUT2D eigenvalue weighted by Crippen LogP contribution is -2.09. The summed E-state index contributed by atoms with van der Waals surface area (Å²) < 4.78 is 0. The second-order valence-electron chi connectivity index (χ2n) is 7.12. The van der Waals surface area contributed by atoms with E-state index in [1.54, 1.807) is 0 Å². The van der Waals surface area contributed by atoms with E-state index in [1.807, 2.05) is 0 Å². The van der Waals surface area contributed by atoms with E-state index in [0.717, 1.165) is 19.5 Å². The number of nitrogens with two attached hydrogens (primary N) is 1. The van der Waals surface area contributed by atoms with Crippen molar-refractivity contribution in [1.82, 2.24) is 5.32 Å². The van der Waals surface area contributed by atoms with Gasteiger partial charge in [0.05, 0.1) is 0 Å². The zero-order chi connectivity index (χ0) is 19.0. The number of unbranched alkanes of at least 4 members (excludes halogenated alkanes) is 14. The van der Waals surface area contributed by atoms with E-state index in [2.05, 4.69) is 26.1 Å². The molecule has 25 heavy (non-hydrogen) atoms. The molecule has 0 heterocycles. The van der Waals surface area contributed by atoms with E-state index in [9.17, 15) is 4.79 Å². The van der Waals surface area contributed by atoms with E-state index in [4.69, 9.17) is 5.73 Å². The van der Waals surface area contributed by atoms with Crippen molar-refractivity contribution in [1.29, 1.82) is 0 Å². The number of hydrogen-bond acceptors (Lipinski definition) is 2. The van der Waals surface area contributed by atoms with Crippen LogP contribution in [0, 0.1) is 0 Å². The molecule has 0 spiro atoms. The Bertz CT molecular complexity index is 242. The summed E-state index contributed by atoms with van der Waals surface area (Å²) in [5.74, 6) is -0.153.